The summed E-state index contributed by atoms with van der Waals surface area (Å²) in [6.07, 6.45) is 0. The van der Waals surface area contributed by atoms with Crippen molar-refractivity contribution in [2.24, 2.45) is 0 Å². The quantitative estimate of drug-likeness (QED) is 0.797. The lowest BCUT2D eigenvalue weighted by Gasteiger charge is -2.00. The molecular weight excluding hydrogens is 260 g/mol. The van der Waals surface area contributed by atoms with Gasteiger partial charge in [0.15, 0.2) is 0 Å². The summed E-state index contributed by atoms with van der Waals surface area (Å²) >= 11 is 0. The molecule has 4 nitrogen and oxygen atoms in total. The van der Waals surface area contributed by atoms with Gasteiger partial charge < -0.3 is 4.98 Å². The molecule has 0 saturated heterocycles. The van der Waals surface area contributed by atoms with Gasteiger partial charge in [0.05, 0.1) is 16.8 Å². The summed E-state index contributed by atoms with van der Waals surface area (Å²) in [7, 11) is -3.44. The normalized spacial score (nSPS) is 11.8. The number of benzene rings is 2. The molecule has 1 aromatic heterocycles. The molecule has 0 fully saturated rings. The smallest absolute Gasteiger partial charge is 0.226 e. The number of sulfone groups is 1. The molecule has 0 spiro atoms. The Bertz CT molecular complexity index is 775. The largest absolute Gasteiger partial charge is 0.329 e. The first kappa shape index (κ1) is 11.9. The Morgan fingerprint density at radius 2 is 1.63 bits per heavy atom. The summed E-state index contributed by atoms with van der Waals surface area (Å²) in [4.78, 5) is 6.99. The second-order valence-corrected chi connectivity index (χ2v) is 6.21. The Morgan fingerprint density at radius 3 is 2.37 bits per heavy atom. The van der Waals surface area contributed by atoms with E-state index in [1.807, 2.05) is 36.4 Å². The van der Waals surface area contributed by atoms with Crippen LogP contribution in [0, 0.1) is 0 Å². The summed E-state index contributed by atoms with van der Waals surface area (Å²) in [5.41, 5.74) is 2.14. The van der Waals surface area contributed by atoms with Crippen molar-refractivity contribution in [3.05, 3.63) is 60.2 Å². The monoisotopic (exact) mass is 272 g/mol. The molecule has 3 aromatic rings. The fourth-order valence-corrected chi connectivity index (χ4v) is 3.21. The van der Waals surface area contributed by atoms with E-state index in [1.54, 1.807) is 18.2 Å². The fraction of sp³-hybridized carbons (Fsp3) is 0.0714. The van der Waals surface area contributed by atoms with Crippen molar-refractivity contribution in [3.63, 3.8) is 0 Å². The van der Waals surface area contributed by atoms with Crippen molar-refractivity contribution in [2.75, 3.05) is 0 Å². The van der Waals surface area contributed by atoms with Crippen LogP contribution in [0.1, 0.15) is 5.56 Å². The van der Waals surface area contributed by atoms with Gasteiger partial charge in [-0.05, 0) is 17.7 Å². The van der Waals surface area contributed by atoms with E-state index in [-0.39, 0.29) is 10.9 Å². The predicted octanol–water partition coefficient (Wildman–Crippen LogP) is 2.54. The molecular formula is C14H12N2O2S. The van der Waals surface area contributed by atoms with Crippen LogP contribution in [-0.4, -0.2) is 18.4 Å². The van der Waals surface area contributed by atoms with E-state index in [2.05, 4.69) is 9.97 Å². The van der Waals surface area contributed by atoms with Crippen LogP contribution in [0.4, 0.5) is 0 Å². The maximum absolute atomic E-state index is 12.3. The van der Waals surface area contributed by atoms with Gasteiger partial charge >= 0.3 is 0 Å². The SMILES string of the molecule is O=S(=O)(Cc1ccccc1)c1nc2ccccc2[nH]1. The Labute approximate surface area is 111 Å². The number of aromatic nitrogens is 2. The average molecular weight is 272 g/mol. The van der Waals surface area contributed by atoms with Crippen molar-refractivity contribution in [2.45, 2.75) is 10.9 Å². The molecule has 1 heterocycles. The minimum atomic E-state index is -3.44. The highest BCUT2D eigenvalue weighted by Gasteiger charge is 2.19. The predicted molar refractivity (Wildman–Crippen MR) is 73.4 cm³/mol. The Hall–Kier alpha value is -2.14. The fourth-order valence-electron chi connectivity index (χ4n) is 1.94. The highest BCUT2D eigenvalue weighted by Crippen LogP contribution is 2.17. The van der Waals surface area contributed by atoms with Gasteiger partial charge in [0.1, 0.15) is 0 Å². The molecule has 3 rings (SSSR count). The summed E-state index contributed by atoms with van der Waals surface area (Å²) in [6.45, 7) is 0. The number of imidazole rings is 1. The van der Waals surface area contributed by atoms with E-state index in [4.69, 9.17) is 0 Å². The van der Waals surface area contributed by atoms with E-state index in [9.17, 15) is 8.42 Å². The van der Waals surface area contributed by atoms with Crippen LogP contribution < -0.4 is 0 Å². The van der Waals surface area contributed by atoms with E-state index in [0.29, 0.717) is 5.52 Å². The van der Waals surface area contributed by atoms with Gasteiger partial charge in [-0.25, -0.2) is 13.4 Å². The molecule has 0 aliphatic carbocycles. The topological polar surface area (TPSA) is 62.8 Å². The van der Waals surface area contributed by atoms with Crippen molar-refractivity contribution in [1.29, 1.82) is 0 Å². The lowest BCUT2D eigenvalue weighted by molar-refractivity contribution is 0.588. The minimum absolute atomic E-state index is 0.0255. The third kappa shape index (κ3) is 2.37. The molecule has 0 radical (unpaired) electrons. The standard InChI is InChI=1S/C14H12N2O2S/c17-19(18,10-11-6-2-1-3-7-11)14-15-12-8-4-5-9-13(12)16-14/h1-9H,10H2,(H,15,16). The van der Waals surface area contributed by atoms with Crippen molar-refractivity contribution in [3.8, 4) is 0 Å². The number of para-hydroxylation sites is 2. The third-order valence-electron chi connectivity index (χ3n) is 2.86. The van der Waals surface area contributed by atoms with Crippen LogP contribution in [0.3, 0.4) is 0 Å². The van der Waals surface area contributed by atoms with Gasteiger partial charge in [0.2, 0.25) is 15.0 Å². The van der Waals surface area contributed by atoms with Gasteiger partial charge in [-0.1, -0.05) is 42.5 Å². The maximum Gasteiger partial charge on any atom is 0.226 e. The van der Waals surface area contributed by atoms with E-state index >= 15 is 0 Å². The van der Waals surface area contributed by atoms with Crippen molar-refractivity contribution >= 4 is 20.9 Å². The number of aromatic amines is 1. The van der Waals surface area contributed by atoms with Gasteiger partial charge in [-0.3, -0.25) is 0 Å². The summed E-state index contributed by atoms with van der Waals surface area (Å²) < 4.78 is 24.6. The number of fused-ring (bicyclic) bond motifs is 1. The van der Waals surface area contributed by atoms with E-state index in [0.717, 1.165) is 11.1 Å². The second-order valence-electron chi connectivity index (χ2n) is 4.30. The van der Waals surface area contributed by atoms with E-state index < -0.39 is 9.84 Å². The van der Waals surface area contributed by atoms with Crippen molar-refractivity contribution in [1.82, 2.24) is 9.97 Å². The number of nitrogens with zero attached hydrogens (tertiary/aromatic N) is 1. The highest BCUT2D eigenvalue weighted by atomic mass is 32.2. The van der Waals surface area contributed by atoms with Gasteiger partial charge in [-0.2, -0.15) is 0 Å². The third-order valence-corrected chi connectivity index (χ3v) is 4.36. The molecule has 0 aliphatic rings. The summed E-state index contributed by atoms with van der Waals surface area (Å²) in [5, 5.41) is 0.0255. The zero-order valence-electron chi connectivity index (χ0n) is 10.1. The molecule has 0 unspecified atom stereocenters. The number of H-pyrrole nitrogens is 1. The van der Waals surface area contributed by atoms with E-state index in [1.165, 1.54) is 0 Å². The molecule has 19 heavy (non-hydrogen) atoms. The van der Waals surface area contributed by atoms with Crippen LogP contribution in [0.25, 0.3) is 11.0 Å². The molecule has 0 saturated carbocycles. The molecule has 5 heteroatoms. The van der Waals surface area contributed by atoms with Crippen LogP contribution in [-0.2, 0) is 15.6 Å². The molecule has 0 bridgehead atoms. The first-order chi connectivity index (χ1) is 9.15. The molecule has 0 atom stereocenters. The molecule has 0 aliphatic heterocycles. The van der Waals surface area contributed by atoms with Gasteiger partial charge in [0.25, 0.3) is 0 Å². The molecule has 0 amide bonds. The second kappa shape index (κ2) is 4.51. The van der Waals surface area contributed by atoms with Gasteiger partial charge in [-0.15, -0.1) is 0 Å². The number of rotatable bonds is 3. The summed E-state index contributed by atoms with van der Waals surface area (Å²) in [5.74, 6) is -0.0480. The minimum Gasteiger partial charge on any atom is -0.329 e. The Balaban J connectivity index is 2.00. The van der Waals surface area contributed by atoms with Crippen LogP contribution >= 0.6 is 0 Å². The van der Waals surface area contributed by atoms with Gasteiger partial charge in [0, 0.05) is 0 Å². The Morgan fingerprint density at radius 1 is 0.947 bits per heavy atom. The van der Waals surface area contributed by atoms with Crippen LogP contribution in [0.2, 0.25) is 0 Å². The summed E-state index contributed by atoms with van der Waals surface area (Å²) in [6, 6.07) is 16.4. The first-order valence-electron chi connectivity index (χ1n) is 5.86. The first-order valence-corrected chi connectivity index (χ1v) is 7.52. The molecule has 2 aromatic carbocycles. The molecule has 96 valence electrons. The van der Waals surface area contributed by atoms with Crippen LogP contribution in [0.5, 0.6) is 0 Å². The number of hydrogen-bond acceptors (Lipinski definition) is 3. The molecule has 1 N–H and O–H groups in total. The lowest BCUT2D eigenvalue weighted by atomic mass is 10.2. The zero-order valence-corrected chi connectivity index (χ0v) is 10.9. The van der Waals surface area contributed by atoms with Crippen molar-refractivity contribution < 1.29 is 8.42 Å². The highest BCUT2D eigenvalue weighted by molar-refractivity contribution is 7.90. The zero-order chi connectivity index (χ0) is 13.3. The average Bonchev–Trinajstić information content (AvgIpc) is 2.84. The number of nitrogens with one attached hydrogen (secondary N) is 1. The Kier molecular flexibility index (Phi) is 2.83. The maximum atomic E-state index is 12.3. The van der Waals surface area contributed by atoms with Crippen LogP contribution in [0.15, 0.2) is 59.8 Å². The number of hydrogen-bond donors (Lipinski definition) is 1. The lowest BCUT2D eigenvalue weighted by Crippen LogP contribution is -2.06.